The highest BCUT2D eigenvalue weighted by Gasteiger charge is 2.70. The number of hydrogen-bond acceptors (Lipinski definition) is 1. The Hall–Kier alpha value is 2.33. The first-order valence-electron chi connectivity index (χ1n) is 7.29. The molecule has 9 atom stereocenters. The Bertz CT molecular complexity index is 376. The van der Waals surface area contributed by atoms with E-state index in [-0.39, 0.29) is 6.42 Å². The summed E-state index contributed by atoms with van der Waals surface area (Å²) in [5.74, 6) is -0.464. The van der Waals surface area contributed by atoms with Gasteiger partial charge in [-0.25, -0.2) is 13.2 Å². The Morgan fingerprint density at radius 2 is 1.39 bits per heavy atom. The summed E-state index contributed by atoms with van der Waals surface area (Å²) < 4.78 is 51.3. The predicted octanol–water partition coefficient (Wildman–Crippen LogP) is 4.98. The lowest BCUT2D eigenvalue weighted by Crippen LogP contribution is -2.65. The zero-order valence-corrected chi connectivity index (χ0v) is 21.1. The molecule has 0 spiro atoms. The second kappa shape index (κ2) is 8.56. The maximum Gasteiger partial charge on any atom is 0.146 e. The molecule has 23 heavy (non-hydrogen) atoms. The van der Waals surface area contributed by atoms with Gasteiger partial charge < -0.3 is 4.74 Å². The van der Waals surface area contributed by atoms with Crippen LogP contribution in [0.25, 0.3) is 0 Å². The number of rotatable bonds is 9. The van der Waals surface area contributed by atoms with Crippen LogP contribution in [0.3, 0.4) is 0 Å². The van der Waals surface area contributed by atoms with Gasteiger partial charge in [0, 0.05) is 18.6 Å². The van der Waals surface area contributed by atoms with Crippen LogP contribution in [0.2, 0.25) is 0 Å². The van der Waals surface area contributed by atoms with Gasteiger partial charge in [0.05, 0.1) is 5.41 Å². The van der Waals surface area contributed by atoms with Crippen LogP contribution in [0, 0.1) is 11.3 Å². The quantitative estimate of drug-likeness (QED) is 0.359. The minimum atomic E-state index is -2.14. The Morgan fingerprint density at radius 1 is 0.957 bits per heavy atom. The SMILES string of the molecule is COCCCC(C(C)(F)P)(C(F)(P)P)C(P)(P)C(F)(P)C(C)C. The average molecular weight is 446 g/mol. The van der Waals surface area contributed by atoms with E-state index < -0.39 is 32.2 Å². The third kappa shape index (κ3) is 4.79. The zero-order valence-electron chi connectivity index (χ0n) is 14.2. The van der Waals surface area contributed by atoms with Crippen LogP contribution in [0.15, 0.2) is 0 Å². The van der Waals surface area contributed by atoms with Crippen molar-refractivity contribution in [3.63, 3.8) is 0 Å². The van der Waals surface area contributed by atoms with E-state index in [0.717, 1.165) is 0 Å². The van der Waals surface area contributed by atoms with Crippen LogP contribution in [-0.4, -0.2) is 34.6 Å². The second-order valence-corrected chi connectivity index (χ2v) is 13.4. The standard InChI is InChI=1S/C13H31F3OP6/c1-8(2)11(15,19)12(20,21)10(9(3,14)18,13(16,22)23)6-5-7-17-4/h8H,5-7,18-23H2,1-4H3. The lowest BCUT2D eigenvalue weighted by Gasteiger charge is -2.61. The van der Waals surface area contributed by atoms with E-state index in [4.69, 9.17) is 4.74 Å². The summed E-state index contributed by atoms with van der Waals surface area (Å²) in [6.07, 6.45) is 0.503. The van der Waals surface area contributed by atoms with Gasteiger partial charge in [-0.05, 0) is 25.7 Å². The summed E-state index contributed by atoms with van der Waals surface area (Å²) >= 11 is 0. The first-order chi connectivity index (χ1) is 10.0. The number of hydrogen-bond donors (Lipinski definition) is 0. The fraction of sp³-hybridized carbons (Fsp3) is 1.00. The fourth-order valence-corrected chi connectivity index (χ4v) is 8.50. The molecular formula is C13H31F3OP6. The second-order valence-electron chi connectivity index (χ2n) is 6.64. The smallest absolute Gasteiger partial charge is 0.146 e. The van der Waals surface area contributed by atoms with Crippen molar-refractivity contribution in [3.8, 4) is 0 Å². The lowest BCUT2D eigenvalue weighted by molar-refractivity contribution is -0.0372. The Kier molecular flexibility index (Phi) is 9.43. The van der Waals surface area contributed by atoms with E-state index in [2.05, 4.69) is 37.0 Å². The van der Waals surface area contributed by atoms with Gasteiger partial charge in [-0.1, -0.05) is 50.8 Å². The molecule has 0 saturated heterocycles. The summed E-state index contributed by atoms with van der Waals surface area (Å²) in [6, 6.07) is 0. The molecule has 0 aromatic carbocycles. The summed E-state index contributed by atoms with van der Waals surface area (Å²) in [5.41, 5.74) is -1.71. The molecule has 0 amide bonds. The van der Waals surface area contributed by atoms with Crippen molar-refractivity contribution < 1.29 is 17.9 Å². The van der Waals surface area contributed by atoms with Gasteiger partial charge in [-0.2, -0.15) is 0 Å². The summed E-state index contributed by atoms with van der Waals surface area (Å²) in [7, 11) is 14.5. The monoisotopic (exact) mass is 446 g/mol. The fourth-order valence-electron chi connectivity index (χ4n) is 3.03. The van der Waals surface area contributed by atoms with Crippen molar-refractivity contribution >= 4 is 55.4 Å². The number of halogens is 3. The molecule has 1 nitrogen and oxygen atoms in total. The summed E-state index contributed by atoms with van der Waals surface area (Å²) in [4.78, 5) is -1.49. The highest BCUT2D eigenvalue weighted by atomic mass is 31.1. The van der Waals surface area contributed by atoms with Crippen LogP contribution in [0.4, 0.5) is 13.2 Å². The summed E-state index contributed by atoms with van der Waals surface area (Å²) in [6.45, 7) is 5.01. The van der Waals surface area contributed by atoms with E-state index >= 15 is 13.2 Å². The van der Waals surface area contributed by atoms with Crippen molar-refractivity contribution in [2.24, 2.45) is 11.3 Å². The van der Waals surface area contributed by atoms with E-state index in [0.29, 0.717) is 13.0 Å². The topological polar surface area (TPSA) is 9.23 Å². The molecule has 0 aliphatic rings. The number of ether oxygens (including phenoxy) is 1. The molecule has 10 heteroatoms. The minimum absolute atomic E-state index is 0.0978. The van der Waals surface area contributed by atoms with Crippen LogP contribution in [-0.2, 0) is 4.74 Å². The molecule has 140 valence electrons. The maximum atomic E-state index is 15.6. The normalized spacial score (nSPS) is 21.7. The van der Waals surface area contributed by atoms with Gasteiger partial charge in [-0.15, -0.1) is 18.5 Å². The van der Waals surface area contributed by atoms with Crippen molar-refractivity contribution in [1.29, 1.82) is 0 Å². The Labute approximate surface area is 153 Å². The molecule has 0 radical (unpaired) electrons. The number of alkyl halides is 3. The third-order valence-corrected chi connectivity index (χ3v) is 9.73. The van der Waals surface area contributed by atoms with Crippen molar-refractivity contribution in [1.82, 2.24) is 0 Å². The van der Waals surface area contributed by atoms with Crippen LogP contribution in [0.1, 0.15) is 33.6 Å². The van der Waals surface area contributed by atoms with Gasteiger partial charge in [-0.3, -0.25) is 0 Å². The first-order valence-corrected chi connectivity index (χ1v) is 10.8. The zero-order chi connectivity index (χ0) is 18.9. The average Bonchev–Trinajstić information content (AvgIpc) is 2.30. The van der Waals surface area contributed by atoms with Gasteiger partial charge >= 0.3 is 0 Å². The van der Waals surface area contributed by atoms with Crippen molar-refractivity contribution in [3.05, 3.63) is 0 Å². The predicted molar refractivity (Wildman–Crippen MR) is 117 cm³/mol. The molecule has 0 saturated carbocycles. The Balaban J connectivity index is 6.43. The van der Waals surface area contributed by atoms with E-state index in [1.54, 1.807) is 13.8 Å². The molecule has 9 unspecified atom stereocenters. The van der Waals surface area contributed by atoms with Crippen LogP contribution < -0.4 is 0 Å². The molecule has 0 aromatic heterocycles. The molecule has 0 fully saturated rings. The summed E-state index contributed by atoms with van der Waals surface area (Å²) in [5, 5.41) is -6.15. The first kappa shape index (κ1) is 25.3. The van der Waals surface area contributed by atoms with Gasteiger partial charge in [0.15, 0.2) is 0 Å². The highest BCUT2D eigenvalue weighted by molar-refractivity contribution is 7.44. The number of methoxy groups -OCH3 is 1. The third-order valence-electron chi connectivity index (χ3n) is 4.57. The van der Waals surface area contributed by atoms with E-state index in [1.165, 1.54) is 14.0 Å². The van der Waals surface area contributed by atoms with E-state index in [9.17, 15) is 0 Å². The molecule has 0 heterocycles. The Morgan fingerprint density at radius 3 is 1.65 bits per heavy atom. The molecule has 0 aliphatic carbocycles. The molecule has 0 N–H and O–H groups in total. The van der Waals surface area contributed by atoms with Gasteiger partial charge in [0.2, 0.25) is 0 Å². The van der Waals surface area contributed by atoms with E-state index in [1.807, 2.05) is 18.5 Å². The molecular weight excluding hydrogens is 415 g/mol. The molecule has 0 aromatic rings. The molecule has 0 rings (SSSR count). The van der Waals surface area contributed by atoms with Gasteiger partial charge in [0.1, 0.15) is 16.0 Å². The molecule has 0 bridgehead atoms. The van der Waals surface area contributed by atoms with Crippen molar-refractivity contribution in [2.45, 2.75) is 54.5 Å². The van der Waals surface area contributed by atoms with Crippen LogP contribution >= 0.6 is 55.4 Å². The van der Waals surface area contributed by atoms with Crippen molar-refractivity contribution in [2.75, 3.05) is 13.7 Å². The van der Waals surface area contributed by atoms with Gasteiger partial charge in [0.25, 0.3) is 0 Å². The lowest BCUT2D eigenvalue weighted by atomic mass is 9.72. The highest BCUT2D eigenvalue weighted by Crippen LogP contribution is 2.73. The minimum Gasteiger partial charge on any atom is -0.385 e. The maximum absolute atomic E-state index is 15.6. The molecule has 0 aliphatic heterocycles. The van der Waals surface area contributed by atoms with Crippen LogP contribution in [0.5, 0.6) is 0 Å². The largest absolute Gasteiger partial charge is 0.385 e.